The molecule has 9 heteroatoms. The SMILES string of the molecule is CC[C@H](Sc1ncc(S(=O)(=O)c2ccc(C)cc2)c(=O)[nH]1)C(=O)Nc1ccc(C(C)C)cc1. The van der Waals surface area contributed by atoms with Crippen molar-refractivity contribution in [3.63, 3.8) is 0 Å². The lowest BCUT2D eigenvalue weighted by atomic mass is 10.0. The number of anilines is 1. The third-order valence-corrected chi connectivity index (χ3v) is 8.15. The lowest BCUT2D eigenvalue weighted by molar-refractivity contribution is -0.115. The third kappa shape index (κ3) is 5.91. The van der Waals surface area contributed by atoms with E-state index in [0.717, 1.165) is 23.5 Å². The molecule has 1 heterocycles. The number of aromatic nitrogens is 2. The molecule has 1 aromatic heterocycles. The van der Waals surface area contributed by atoms with Crippen LogP contribution in [-0.2, 0) is 14.6 Å². The van der Waals surface area contributed by atoms with Crippen LogP contribution in [-0.4, -0.2) is 29.5 Å². The van der Waals surface area contributed by atoms with Crippen LogP contribution >= 0.6 is 11.8 Å². The number of aryl methyl sites for hydroxylation is 1. The quantitative estimate of drug-likeness (QED) is 0.358. The van der Waals surface area contributed by atoms with Gasteiger partial charge in [-0.15, -0.1) is 0 Å². The molecule has 0 aliphatic heterocycles. The summed E-state index contributed by atoms with van der Waals surface area (Å²) in [6.07, 6.45) is 1.54. The number of aromatic amines is 1. The van der Waals surface area contributed by atoms with E-state index in [1.807, 2.05) is 38.1 Å². The molecule has 174 valence electrons. The van der Waals surface area contributed by atoms with E-state index in [1.165, 1.54) is 17.7 Å². The van der Waals surface area contributed by atoms with Gasteiger partial charge in [-0.2, -0.15) is 0 Å². The van der Waals surface area contributed by atoms with Crippen LogP contribution in [0.25, 0.3) is 0 Å². The molecule has 3 rings (SSSR count). The molecule has 1 atom stereocenters. The van der Waals surface area contributed by atoms with Crippen molar-refractivity contribution < 1.29 is 13.2 Å². The number of hydrogen-bond donors (Lipinski definition) is 2. The Kier molecular flexibility index (Phi) is 7.76. The minimum absolute atomic E-state index is 0.0232. The normalized spacial score (nSPS) is 12.5. The van der Waals surface area contributed by atoms with Gasteiger partial charge >= 0.3 is 0 Å². The smallest absolute Gasteiger partial charge is 0.270 e. The fraction of sp³-hybridized carbons (Fsp3) is 0.292. The number of carbonyl (C=O) groups is 1. The molecule has 0 fully saturated rings. The summed E-state index contributed by atoms with van der Waals surface area (Å²) in [7, 11) is -4.00. The minimum atomic E-state index is -4.00. The summed E-state index contributed by atoms with van der Waals surface area (Å²) in [6, 6.07) is 13.9. The van der Waals surface area contributed by atoms with Gasteiger partial charge in [0.2, 0.25) is 15.7 Å². The van der Waals surface area contributed by atoms with Gasteiger partial charge in [0.1, 0.15) is 0 Å². The van der Waals surface area contributed by atoms with Crippen LogP contribution in [0.1, 0.15) is 44.2 Å². The highest BCUT2D eigenvalue weighted by Crippen LogP contribution is 2.25. The Morgan fingerprint density at radius 2 is 1.73 bits per heavy atom. The first-order valence-corrected chi connectivity index (χ1v) is 13.0. The number of nitrogens with one attached hydrogen (secondary N) is 2. The molecule has 0 saturated heterocycles. The minimum Gasteiger partial charge on any atom is -0.325 e. The third-order valence-electron chi connectivity index (χ3n) is 5.13. The van der Waals surface area contributed by atoms with Gasteiger partial charge in [-0.3, -0.25) is 9.59 Å². The van der Waals surface area contributed by atoms with Gasteiger partial charge < -0.3 is 10.3 Å². The molecule has 0 aliphatic carbocycles. The predicted molar refractivity (Wildman–Crippen MR) is 131 cm³/mol. The summed E-state index contributed by atoms with van der Waals surface area (Å²) in [5, 5.41) is 2.54. The summed E-state index contributed by atoms with van der Waals surface area (Å²) in [6.45, 7) is 7.90. The predicted octanol–water partition coefficient (Wildman–Crippen LogP) is 4.54. The number of benzene rings is 2. The van der Waals surface area contributed by atoms with E-state index in [4.69, 9.17) is 0 Å². The molecular formula is C24H27N3O4S2. The van der Waals surface area contributed by atoms with Gasteiger partial charge in [-0.05, 0) is 49.1 Å². The standard InChI is InChI=1S/C24H27N3O4S2/c1-5-20(22(28)26-18-10-8-17(9-11-18)15(2)3)32-24-25-14-21(23(29)27-24)33(30,31)19-12-6-16(4)7-13-19/h6-15,20H,5H2,1-4H3,(H,26,28)(H,25,27,29)/t20-/m0/s1. The second-order valence-corrected chi connectivity index (χ2v) is 11.1. The largest absolute Gasteiger partial charge is 0.325 e. The summed E-state index contributed by atoms with van der Waals surface area (Å²) >= 11 is 1.08. The van der Waals surface area contributed by atoms with E-state index in [9.17, 15) is 18.0 Å². The van der Waals surface area contributed by atoms with Crippen molar-refractivity contribution in [2.45, 2.75) is 60.2 Å². The molecule has 0 spiro atoms. The number of amides is 1. The lowest BCUT2D eigenvalue weighted by Gasteiger charge is -2.15. The Balaban J connectivity index is 1.75. The van der Waals surface area contributed by atoms with Gasteiger partial charge in [0.05, 0.1) is 16.3 Å². The molecule has 2 aromatic carbocycles. The Morgan fingerprint density at radius 1 is 1.09 bits per heavy atom. The summed E-state index contributed by atoms with van der Waals surface area (Å²) in [5.74, 6) is 0.174. The molecule has 0 aliphatic rings. The number of rotatable bonds is 8. The fourth-order valence-corrected chi connectivity index (χ4v) is 5.20. The molecule has 0 radical (unpaired) electrons. The highest BCUT2D eigenvalue weighted by molar-refractivity contribution is 8.00. The molecular weight excluding hydrogens is 458 g/mol. The van der Waals surface area contributed by atoms with Crippen LogP contribution in [0.5, 0.6) is 0 Å². The number of carbonyl (C=O) groups excluding carboxylic acids is 1. The van der Waals surface area contributed by atoms with Crippen molar-refractivity contribution in [3.05, 3.63) is 76.2 Å². The average Bonchev–Trinajstić information content (AvgIpc) is 2.78. The van der Waals surface area contributed by atoms with E-state index in [1.54, 1.807) is 12.1 Å². The van der Waals surface area contributed by atoms with Gasteiger partial charge in [0.25, 0.3) is 5.56 Å². The van der Waals surface area contributed by atoms with E-state index in [2.05, 4.69) is 29.1 Å². The fourth-order valence-electron chi connectivity index (χ4n) is 3.09. The van der Waals surface area contributed by atoms with Crippen molar-refractivity contribution in [1.82, 2.24) is 9.97 Å². The van der Waals surface area contributed by atoms with Crippen molar-refractivity contribution in [1.29, 1.82) is 0 Å². The maximum absolute atomic E-state index is 12.8. The van der Waals surface area contributed by atoms with Crippen LogP contribution in [0, 0.1) is 6.92 Å². The second-order valence-electron chi connectivity index (χ2n) is 7.98. The Morgan fingerprint density at radius 3 is 2.27 bits per heavy atom. The molecule has 7 nitrogen and oxygen atoms in total. The average molecular weight is 486 g/mol. The molecule has 2 N–H and O–H groups in total. The molecule has 0 saturated carbocycles. The van der Waals surface area contributed by atoms with Crippen LogP contribution in [0.3, 0.4) is 0 Å². The zero-order valence-corrected chi connectivity index (χ0v) is 20.6. The second kappa shape index (κ2) is 10.4. The van der Waals surface area contributed by atoms with Crippen LogP contribution in [0.4, 0.5) is 5.69 Å². The summed E-state index contributed by atoms with van der Waals surface area (Å²) in [5.41, 5.74) is 2.00. The highest BCUT2D eigenvalue weighted by Gasteiger charge is 2.24. The zero-order valence-electron chi connectivity index (χ0n) is 19.0. The Hall–Kier alpha value is -2.91. The van der Waals surface area contributed by atoms with E-state index < -0.39 is 25.5 Å². The first-order chi connectivity index (χ1) is 15.6. The number of H-pyrrole nitrogens is 1. The topological polar surface area (TPSA) is 109 Å². The number of nitrogens with zero attached hydrogens (tertiary/aromatic N) is 1. The lowest BCUT2D eigenvalue weighted by Crippen LogP contribution is -2.26. The zero-order chi connectivity index (χ0) is 24.2. The summed E-state index contributed by atoms with van der Waals surface area (Å²) in [4.78, 5) is 31.5. The van der Waals surface area contributed by atoms with Crippen LogP contribution in [0.15, 0.2) is 74.5 Å². The molecule has 3 aromatic rings. The monoisotopic (exact) mass is 485 g/mol. The van der Waals surface area contributed by atoms with Crippen LogP contribution in [0.2, 0.25) is 0 Å². The number of thioether (sulfide) groups is 1. The first kappa shape index (κ1) is 24.7. The number of sulfone groups is 1. The van der Waals surface area contributed by atoms with Gasteiger partial charge in [0, 0.05) is 5.69 Å². The maximum Gasteiger partial charge on any atom is 0.270 e. The Bertz CT molecular complexity index is 1280. The van der Waals surface area contributed by atoms with Crippen molar-refractivity contribution in [2.24, 2.45) is 0 Å². The van der Waals surface area contributed by atoms with Gasteiger partial charge in [-0.1, -0.05) is 62.4 Å². The van der Waals surface area contributed by atoms with E-state index in [0.29, 0.717) is 18.0 Å². The van der Waals surface area contributed by atoms with E-state index in [-0.39, 0.29) is 16.0 Å². The van der Waals surface area contributed by atoms with Gasteiger partial charge in [0.15, 0.2) is 10.1 Å². The first-order valence-electron chi connectivity index (χ1n) is 10.6. The Labute approximate surface area is 198 Å². The van der Waals surface area contributed by atoms with Crippen LogP contribution < -0.4 is 10.9 Å². The molecule has 33 heavy (non-hydrogen) atoms. The number of hydrogen-bond acceptors (Lipinski definition) is 6. The molecule has 1 amide bonds. The van der Waals surface area contributed by atoms with Crippen molar-refractivity contribution in [2.75, 3.05) is 5.32 Å². The van der Waals surface area contributed by atoms with Crippen molar-refractivity contribution in [3.8, 4) is 0 Å². The highest BCUT2D eigenvalue weighted by atomic mass is 32.2. The van der Waals surface area contributed by atoms with Gasteiger partial charge in [-0.25, -0.2) is 13.4 Å². The summed E-state index contributed by atoms with van der Waals surface area (Å²) < 4.78 is 25.6. The van der Waals surface area contributed by atoms with E-state index >= 15 is 0 Å². The van der Waals surface area contributed by atoms with Crippen molar-refractivity contribution >= 4 is 33.2 Å². The molecule has 0 bridgehead atoms. The maximum atomic E-state index is 12.8. The molecule has 0 unspecified atom stereocenters.